The van der Waals surface area contributed by atoms with Gasteiger partial charge >= 0.3 is 0 Å². The van der Waals surface area contributed by atoms with Crippen molar-refractivity contribution in [2.24, 2.45) is 0 Å². The van der Waals surface area contributed by atoms with Gasteiger partial charge in [0.2, 0.25) is 0 Å². The second-order valence-electron chi connectivity index (χ2n) is 3.44. The quantitative estimate of drug-likeness (QED) is 0.898. The Hall–Kier alpha value is -0.800. The number of pyridine rings is 1. The van der Waals surface area contributed by atoms with Crippen LogP contribution in [0.5, 0.6) is 0 Å². The van der Waals surface area contributed by atoms with Crippen LogP contribution in [-0.4, -0.2) is 10.1 Å². The van der Waals surface area contributed by atoms with Crippen molar-refractivity contribution in [1.82, 2.24) is 4.98 Å². The number of aliphatic hydroxyl groups excluding tert-OH is 1. The summed E-state index contributed by atoms with van der Waals surface area (Å²) >= 11 is 17.9. The number of aromatic nitrogens is 1. The predicted molar refractivity (Wildman–Crippen MR) is 70.6 cm³/mol. The molecule has 1 heterocycles. The van der Waals surface area contributed by atoms with Gasteiger partial charge in [-0.1, -0.05) is 34.8 Å². The van der Waals surface area contributed by atoms with Gasteiger partial charge in [-0.25, -0.2) is 0 Å². The third-order valence-electron chi connectivity index (χ3n) is 2.31. The number of rotatable bonds is 2. The Morgan fingerprint density at radius 3 is 2.53 bits per heavy atom. The van der Waals surface area contributed by atoms with Crippen molar-refractivity contribution in [3.05, 3.63) is 51.1 Å². The number of hydrogen-bond donors (Lipinski definition) is 1. The van der Waals surface area contributed by atoms with Crippen molar-refractivity contribution in [3.63, 3.8) is 0 Å². The van der Waals surface area contributed by atoms with Crippen LogP contribution >= 0.6 is 34.8 Å². The Morgan fingerprint density at radius 1 is 1.06 bits per heavy atom. The SMILES string of the molecule is OCc1cc(-c2cc(Cl)ccc2Cl)ncc1Cl. The molecule has 0 amide bonds. The molecule has 0 fully saturated rings. The molecule has 0 saturated heterocycles. The molecular weight excluding hydrogens is 280 g/mol. The molecule has 0 atom stereocenters. The molecule has 1 aromatic carbocycles. The Kier molecular flexibility index (Phi) is 3.89. The molecule has 0 bridgehead atoms. The molecule has 2 aromatic rings. The van der Waals surface area contributed by atoms with E-state index in [0.29, 0.717) is 31.9 Å². The van der Waals surface area contributed by atoms with E-state index in [-0.39, 0.29) is 6.61 Å². The molecule has 0 radical (unpaired) electrons. The molecule has 0 spiro atoms. The lowest BCUT2D eigenvalue weighted by Gasteiger charge is -2.07. The summed E-state index contributed by atoms with van der Waals surface area (Å²) in [4.78, 5) is 4.17. The smallest absolute Gasteiger partial charge is 0.0722 e. The Balaban J connectivity index is 2.56. The summed E-state index contributed by atoms with van der Waals surface area (Å²) in [5.74, 6) is 0. The Morgan fingerprint density at radius 2 is 1.82 bits per heavy atom. The van der Waals surface area contributed by atoms with E-state index < -0.39 is 0 Å². The van der Waals surface area contributed by atoms with E-state index in [2.05, 4.69) is 4.98 Å². The van der Waals surface area contributed by atoms with E-state index >= 15 is 0 Å². The third kappa shape index (κ3) is 2.72. The lowest BCUT2D eigenvalue weighted by atomic mass is 10.1. The molecule has 17 heavy (non-hydrogen) atoms. The standard InChI is InChI=1S/C12H8Cl3NO/c13-8-1-2-10(14)9(4-8)12-3-7(6-17)11(15)5-16-12/h1-5,17H,6H2. The summed E-state index contributed by atoms with van der Waals surface area (Å²) in [5, 5.41) is 10.7. The van der Waals surface area contributed by atoms with Gasteiger partial charge in [0.1, 0.15) is 0 Å². The van der Waals surface area contributed by atoms with Gasteiger partial charge in [0.25, 0.3) is 0 Å². The first-order valence-electron chi connectivity index (χ1n) is 4.82. The zero-order valence-corrected chi connectivity index (χ0v) is 10.9. The molecule has 1 aromatic heterocycles. The lowest BCUT2D eigenvalue weighted by molar-refractivity contribution is 0.282. The highest BCUT2D eigenvalue weighted by atomic mass is 35.5. The maximum Gasteiger partial charge on any atom is 0.0722 e. The topological polar surface area (TPSA) is 33.1 Å². The Bertz CT molecular complexity index is 557. The minimum absolute atomic E-state index is 0.146. The van der Waals surface area contributed by atoms with Crippen LogP contribution in [-0.2, 0) is 6.61 Å². The first kappa shape index (κ1) is 12.7. The predicted octanol–water partition coefficient (Wildman–Crippen LogP) is 4.20. The maximum atomic E-state index is 9.14. The summed E-state index contributed by atoms with van der Waals surface area (Å²) in [6, 6.07) is 6.82. The van der Waals surface area contributed by atoms with Crippen molar-refractivity contribution in [3.8, 4) is 11.3 Å². The van der Waals surface area contributed by atoms with Crippen molar-refractivity contribution < 1.29 is 5.11 Å². The summed E-state index contributed by atoms with van der Waals surface area (Å²) in [6.07, 6.45) is 1.49. The van der Waals surface area contributed by atoms with Gasteiger partial charge in [0.15, 0.2) is 0 Å². The molecule has 1 N–H and O–H groups in total. The first-order chi connectivity index (χ1) is 8.11. The van der Waals surface area contributed by atoms with Gasteiger partial charge in [-0.15, -0.1) is 0 Å². The fraction of sp³-hybridized carbons (Fsp3) is 0.0833. The van der Waals surface area contributed by atoms with Crippen molar-refractivity contribution in [1.29, 1.82) is 0 Å². The number of benzene rings is 1. The monoisotopic (exact) mass is 287 g/mol. The fourth-order valence-corrected chi connectivity index (χ4v) is 1.99. The van der Waals surface area contributed by atoms with Crippen LogP contribution < -0.4 is 0 Å². The maximum absolute atomic E-state index is 9.14. The van der Waals surface area contributed by atoms with E-state index in [9.17, 15) is 0 Å². The zero-order chi connectivity index (χ0) is 12.4. The van der Waals surface area contributed by atoms with Gasteiger partial charge in [-0.3, -0.25) is 4.98 Å². The lowest BCUT2D eigenvalue weighted by Crippen LogP contribution is -1.91. The second kappa shape index (κ2) is 5.23. The largest absolute Gasteiger partial charge is 0.392 e. The van der Waals surface area contributed by atoms with Gasteiger partial charge < -0.3 is 5.11 Å². The molecule has 2 rings (SSSR count). The van der Waals surface area contributed by atoms with Crippen molar-refractivity contribution in [2.45, 2.75) is 6.61 Å². The van der Waals surface area contributed by atoms with Crippen LogP contribution in [0.4, 0.5) is 0 Å². The molecule has 5 heteroatoms. The van der Waals surface area contributed by atoms with E-state index in [1.165, 1.54) is 6.20 Å². The van der Waals surface area contributed by atoms with Crippen LogP contribution in [0.25, 0.3) is 11.3 Å². The molecule has 88 valence electrons. The summed E-state index contributed by atoms with van der Waals surface area (Å²) in [6.45, 7) is -0.146. The minimum atomic E-state index is -0.146. The highest BCUT2D eigenvalue weighted by Gasteiger charge is 2.08. The average Bonchev–Trinajstić information content (AvgIpc) is 2.33. The number of halogens is 3. The Labute approximate surface area is 114 Å². The first-order valence-corrected chi connectivity index (χ1v) is 5.96. The number of hydrogen-bond acceptors (Lipinski definition) is 2. The van der Waals surface area contributed by atoms with Gasteiger partial charge in [-0.05, 0) is 29.8 Å². The molecule has 0 aliphatic heterocycles. The minimum Gasteiger partial charge on any atom is -0.392 e. The highest BCUT2D eigenvalue weighted by molar-refractivity contribution is 6.35. The van der Waals surface area contributed by atoms with Gasteiger partial charge in [0, 0.05) is 16.8 Å². The molecule has 0 aliphatic rings. The van der Waals surface area contributed by atoms with Crippen LogP contribution in [0, 0.1) is 0 Å². The third-order valence-corrected chi connectivity index (χ3v) is 3.21. The summed E-state index contributed by atoms with van der Waals surface area (Å²) in [5.41, 5.74) is 1.95. The van der Waals surface area contributed by atoms with Crippen molar-refractivity contribution in [2.75, 3.05) is 0 Å². The second-order valence-corrected chi connectivity index (χ2v) is 4.69. The van der Waals surface area contributed by atoms with E-state index in [1.54, 1.807) is 24.3 Å². The van der Waals surface area contributed by atoms with E-state index in [0.717, 1.165) is 0 Å². The average molecular weight is 289 g/mol. The molecule has 0 unspecified atom stereocenters. The number of aliphatic hydroxyl groups is 1. The van der Waals surface area contributed by atoms with Crippen LogP contribution in [0.15, 0.2) is 30.5 Å². The fourth-order valence-electron chi connectivity index (χ4n) is 1.44. The molecule has 0 saturated carbocycles. The van der Waals surface area contributed by atoms with Crippen LogP contribution in [0.3, 0.4) is 0 Å². The molecule has 0 aliphatic carbocycles. The molecular formula is C12H8Cl3NO. The van der Waals surface area contributed by atoms with Crippen molar-refractivity contribution >= 4 is 34.8 Å². The number of nitrogens with zero attached hydrogens (tertiary/aromatic N) is 1. The van der Waals surface area contributed by atoms with Gasteiger partial charge in [0.05, 0.1) is 22.3 Å². The zero-order valence-electron chi connectivity index (χ0n) is 8.62. The van der Waals surface area contributed by atoms with Crippen LogP contribution in [0.2, 0.25) is 15.1 Å². The van der Waals surface area contributed by atoms with Crippen LogP contribution in [0.1, 0.15) is 5.56 Å². The van der Waals surface area contributed by atoms with E-state index in [1.807, 2.05) is 0 Å². The molecule has 2 nitrogen and oxygen atoms in total. The van der Waals surface area contributed by atoms with E-state index in [4.69, 9.17) is 39.9 Å². The normalized spacial score (nSPS) is 10.6. The summed E-state index contributed by atoms with van der Waals surface area (Å²) < 4.78 is 0. The summed E-state index contributed by atoms with van der Waals surface area (Å²) in [7, 11) is 0. The van der Waals surface area contributed by atoms with Gasteiger partial charge in [-0.2, -0.15) is 0 Å². The highest BCUT2D eigenvalue weighted by Crippen LogP contribution is 2.30.